The Balaban J connectivity index is 3.85. The molecular formula is C11H21N. The monoisotopic (exact) mass is 167 g/mol. The zero-order valence-corrected chi connectivity index (χ0v) is 8.56. The molecule has 0 heterocycles. The lowest BCUT2D eigenvalue weighted by atomic mass is 9.99. The Hall–Kier alpha value is -0.560. The molecule has 0 aromatic rings. The Morgan fingerprint density at radius 3 is 2.33 bits per heavy atom. The second kappa shape index (κ2) is 5.15. The summed E-state index contributed by atoms with van der Waals surface area (Å²) in [5, 5.41) is 3.52. The predicted octanol–water partition coefficient (Wildman–Crippen LogP) is 2.90. The van der Waals surface area contributed by atoms with Crippen molar-refractivity contribution in [1.29, 1.82) is 0 Å². The van der Waals surface area contributed by atoms with Gasteiger partial charge < -0.3 is 5.32 Å². The van der Waals surface area contributed by atoms with Crippen LogP contribution in [-0.2, 0) is 0 Å². The third kappa shape index (κ3) is 5.14. The molecule has 0 saturated heterocycles. The van der Waals surface area contributed by atoms with Gasteiger partial charge in [-0.25, -0.2) is 0 Å². The second-order valence-electron chi connectivity index (χ2n) is 3.95. The van der Waals surface area contributed by atoms with Crippen LogP contribution in [0, 0.1) is 0 Å². The van der Waals surface area contributed by atoms with E-state index in [1.807, 2.05) is 12.2 Å². The van der Waals surface area contributed by atoms with E-state index >= 15 is 0 Å². The zero-order valence-electron chi connectivity index (χ0n) is 8.56. The maximum absolute atomic E-state index is 3.74. The molecule has 0 saturated carbocycles. The van der Waals surface area contributed by atoms with E-state index in [2.05, 4.69) is 39.2 Å². The van der Waals surface area contributed by atoms with Crippen LogP contribution < -0.4 is 5.32 Å². The van der Waals surface area contributed by atoms with Gasteiger partial charge in [0.25, 0.3) is 0 Å². The van der Waals surface area contributed by atoms with Gasteiger partial charge in [0.15, 0.2) is 0 Å². The van der Waals surface area contributed by atoms with Crippen molar-refractivity contribution in [2.45, 2.75) is 45.2 Å². The lowest BCUT2D eigenvalue weighted by Crippen LogP contribution is -2.44. The van der Waals surface area contributed by atoms with Crippen molar-refractivity contribution in [2.24, 2.45) is 0 Å². The first-order valence-electron chi connectivity index (χ1n) is 4.51. The topological polar surface area (TPSA) is 12.0 Å². The molecule has 12 heavy (non-hydrogen) atoms. The van der Waals surface area contributed by atoms with Gasteiger partial charge in [0.2, 0.25) is 0 Å². The summed E-state index contributed by atoms with van der Waals surface area (Å²) >= 11 is 0. The van der Waals surface area contributed by atoms with Gasteiger partial charge in [-0.2, -0.15) is 0 Å². The highest BCUT2D eigenvalue weighted by Gasteiger charge is 2.16. The van der Waals surface area contributed by atoms with Crippen LogP contribution in [0.5, 0.6) is 0 Å². The third-order valence-corrected chi connectivity index (χ3v) is 1.81. The van der Waals surface area contributed by atoms with Gasteiger partial charge in [0, 0.05) is 11.6 Å². The largest absolute Gasteiger partial charge is 0.309 e. The molecule has 1 N–H and O–H groups in total. The van der Waals surface area contributed by atoms with E-state index in [1.165, 1.54) is 0 Å². The van der Waals surface area contributed by atoms with Gasteiger partial charge >= 0.3 is 0 Å². The summed E-state index contributed by atoms with van der Waals surface area (Å²) in [6, 6.07) is 0.498. The van der Waals surface area contributed by atoms with Crippen LogP contribution in [0.1, 0.15) is 33.6 Å². The first kappa shape index (κ1) is 11.4. The zero-order chi connectivity index (χ0) is 9.61. The fourth-order valence-corrected chi connectivity index (χ4v) is 1.40. The number of hydrogen-bond donors (Lipinski definition) is 1. The quantitative estimate of drug-likeness (QED) is 0.600. The van der Waals surface area contributed by atoms with Crippen LogP contribution in [0.2, 0.25) is 0 Å². The van der Waals surface area contributed by atoms with E-state index in [-0.39, 0.29) is 5.54 Å². The Morgan fingerprint density at radius 2 is 1.92 bits per heavy atom. The normalized spacial score (nSPS) is 13.9. The number of rotatable bonds is 6. The van der Waals surface area contributed by atoms with Crippen molar-refractivity contribution in [1.82, 2.24) is 5.32 Å². The lowest BCUT2D eigenvalue weighted by molar-refractivity contribution is 0.348. The third-order valence-electron chi connectivity index (χ3n) is 1.81. The van der Waals surface area contributed by atoms with Crippen LogP contribution in [0.15, 0.2) is 25.3 Å². The molecule has 0 aromatic carbocycles. The average Bonchev–Trinajstić information content (AvgIpc) is 1.85. The SMILES string of the molecule is C=CCC(C)NC(C)(C)CC=C. The smallest absolute Gasteiger partial charge is 0.0162 e. The fourth-order valence-electron chi connectivity index (χ4n) is 1.40. The maximum atomic E-state index is 3.74. The molecule has 1 atom stereocenters. The molecule has 0 rings (SSSR count). The van der Waals surface area contributed by atoms with Crippen LogP contribution >= 0.6 is 0 Å². The van der Waals surface area contributed by atoms with E-state index in [1.54, 1.807) is 0 Å². The van der Waals surface area contributed by atoms with E-state index in [4.69, 9.17) is 0 Å². The second-order valence-corrected chi connectivity index (χ2v) is 3.95. The van der Waals surface area contributed by atoms with Crippen molar-refractivity contribution < 1.29 is 0 Å². The molecular weight excluding hydrogens is 146 g/mol. The van der Waals surface area contributed by atoms with Crippen molar-refractivity contribution in [3.05, 3.63) is 25.3 Å². The summed E-state index contributed by atoms with van der Waals surface area (Å²) in [4.78, 5) is 0. The molecule has 0 radical (unpaired) electrons. The fraction of sp³-hybridized carbons (Fsp3) is 0.636. The molecule has 0 aliphatic rings. The van der Waals surface area contributed by atoms with Gasteiger partial charge in [-0.1, -0.05) is 12.2 Å². The minimum Gasteiger partial charge on any atom is -0.309 e. The van der Waals surface area contributed by atoms with Gasteiger partial charge in [-0.3, -0.25) is 0 Å². The minimum absolute atomic E-state index is 0.157. The van der Waals surface area contributed by atoms with Gasteiger partial charge in [-0.05, 0) is 33.6 Å². The van der Waals surface area contributed by atoms with Crippen LogP contribution in [-0.4, -0.2) is 11.6 Å². The van der Waals surface area contributed by atoms with E-state index in [0.717, 1.165) is 12.8 Å². The summed E-state index contributed by atoms with van der Waals surface area (Å²) in [5.41, 5.74) is 0.157. The number of hydrogen-bond acceptors (Lipinski definition) is 1. The van der Waals surface area contributed by atoms with E-state index < -0.39 is 0 Å². The van der Waals surface area contributed by atoms with Crippen molar-refractivity contribution in [2.75, 3.05) is 0 Å². The molecule has 0 aliphatic carbocycles. The summed E-state index contributed by atoms with van der Waals surface area (Å²) in [6.07, 6.45) is 5.91. The van der Waals surface area contributed by atoms with Crippen LogP contribution in [0.25, 0.3) is 0 Å². The highest BCUT2D eigenvalue weighted by Crippen LogP contribution is 2.10. The highest BCUT2D eigenvalue weighted by atomic mass is 15.0. The molecule has 0 aromatic heterocycles. The summed E-state index contributed by atoms with van der Waals surface area (Å²) in [7, 11) is 0. The molecule has 0 aliphatic heterocycles. The summed E-state index contributed by atoms with van der Waals surface area (Å²) < 4.78 is 0. The molecule has 0 amide bonds. The van der Waals surface area contributed by atoms with Gasteiger partial charge in [0.1, 0.15) is 0 Å². The highest BCUT2D eigenvalue weighted by molar-refractivity contribution is 4.89. The van der Waals surface area contributed by atoms with Crippen LogP contribution in [0.4, 0.5) is 0 Å². The van der Waals surface area contributed by atoms with Crippen molar-refractivity contribution >= 4 is 0 Å². The van der Waals surface area contributed by atoms with E-state index in [0.29, 0.717) is 6.04 Å². The molecule has 0 spiro atoms. The minimum atomic E-state index is 0.157. The predicted molar refractivity (Wildman–Crippen MR) is 56.3 cm³/mol. The molecule has 1 heteroatoms. The first-order chi connectivity index (χ1) is 5.52. The summed E-state index contributed by atoms with van der Waals surface area (Å²) in [6.45, 7) is 14.0. The molecule has 0 bridgehead atoms. The molecule has 70 valence electrons. The van der Waals surface area contributed by atoms with Crippen LogP contribution in [0.3, 0.4) is 0 Å². The Kier molecular flexibility index (Phi) is 4.91. The van der Waals surface area contributed by atoms with Gasteiger partial charge in [0.05, 0.1) is 0 Å². The first-order valence-corrected chi connectivity index (χ1v) is 4.51. The Bertz CT molecular complexity index is 147. The standard InChI is InChI=1S/C11H21N/c1-6-8-10(3)12-11(4,5)9-7-2/h6-7,10,12H,1-2,8-9H2,3-5H3. The summed E-state index contributed by atoms with van der Waals surface area (Å²) in [5.74, 6) is 0. The maximum Gasteiger partial charge on any atom is 0.0162 e. The van der Waals surface area contributed by atoms with Crippen molar-refractivity contribution in [3.63, 3.8) is 0 Å². The Morgan fingerprint density at radius 1 is 1.33 bits per heavy atom. The number of nitrogens with one attached hydrogen (secondary N) is 1. The lowest BCUT2D eigenvalue weighted by Gasteiger charge is -2.28. The molecule has 0 fully saturated rings. The molecule has 1 unspecified atom stereocenters. The van der Waals surface area contributed by atoms with Crippen molar-refractivity contribution in [3.8, 4) is 0 Å². The van der Waals surface area contributed by atoms with E-state index in [9.17, 15) is 0 Å². The Labute approximate surface area is 76.6 Å². The average molecular weight is 167 g/mol. The molecule has 1 nitrogen and oxygen atoms in total. The van der Waals surface area contributed by atoms with Gasteiger partial charge in [-0.15, -0.1) is 13.2 Å².